The van der Waals surface area contributed by atoms with Crippen molar-refractivity contribution in [2.75, 3.05) is 38.5 Å². The van der Waals surface area contributed by atoms with Crippen LogP contribution in [0.1, 0.15) is 33.6 Å². The predicted octanol–water partition coefficient (Wildman–Crippen LogP) is 4.62. The van der Waals surface area contributed by atoms with Gasteiger partial charge in [0.05, 0.1) is 17.3 Å². The summed E-state index contributed by atoms with van der Waals surface area (Å²) in [5, 5.41) is 3.36. The van der Waals surface area contributed by atoms with Crippen molar-refractivity contribution in [2.45, 2.75) is 39.2 Å². The number of amides is 2. The van der Waals surface area contributed by atoms with Gasteiger partial charge < -0.3 is 15.0 Å². The minimum absolute atomic E-state index is 0.0923. The highest BCUT2D eigenvalue weighted by atomic mass is 79.9. The van der Waals surface area contributed by atoms with E-state index in [1.54, 1.807) is 24.1 Å². The molecule has 0 aliphatic carbocycles. The second-order valence-electron chi connectivity index (χ2n) is 8.28. The number of carbonyl (C=O) groups excluding carboxylic acids is 2. The van der Waals surface area contributed by atoms with Crippen LogP contribution >= 0.6 is 27.5 Å². The molecule has 28 heavy (non-hydrogen) atoms. The molecular weight excluding hydrogens is 446 g/mol. The zero-order valence-corrected chi connectivity index (χ0v) is 19.3. The number of piperidine rings is 1. The van der Waals surface area contributed by atoms with Gasteiger partial charge in [0.2, 0.25) is 5.91 Å². The summed E-state index contributed by atoms with van der Waals surface area (Å²) in [6.07, 6.45) is 1.72. The molecule has 1 unspecified atom stereocenters. The van der Waals surface area contributed by atoms with Gasteiger partial charge in [-0.15, -0.1) is 0 Å². The maximum absolute atomic E-state index is 12.4. The monoisotopic (exact) mass is 473 g/mol. The summed E-state index contributed by atoms with van der Waals surface area (Å²) in [5.41, 5.74) is 0.101. The fourth-order valence-corrected chi connectivity index (χ4v) is 3.95. The Balaban J connectivity index is 1.83. The molecule has 2 rings (SSSR count). The number of anilines is 1. The van der Waals surface area contributed by atoms with Gasteiger partial charge in [0.1, 0.15) is 5.60 Å². The van der Waals surface area contributed by atoms with Crippen LogP contribution in [0.15, 0.2) is 22.7 Å². The molecule has 0 saturated carbocycles. The highest BCUT2D eigenvalue weighted by Crippen LogP contribution is 2.26. The van der Waals surface area contributed by atoms with Crippen molar-refractivity contribution >= 4 is 45.2 Å². The number of likely N-dealkylation sites (tertiary alicyclic amines) is 1. The molecule has 8 heteroatoms. The van der Waals surface area contributed by atoms with E-state index in [1.807, 2.05) is 26.8 Å². The number of nitrogens with one attached hydrogen (secondary N) is 1. The van der Waals surface area contributed by atoms with Crippen LogP contribution < -0.4 is 5.32 Å². The van der Waals surface area contributed by atoms with Gasteiger partial charge in [-0.05, 0) is 64.3 Å². The van der Waals surface area contributed by atoms with E-state index in [1.165, 1.54) is 0 Å². The van der Waals surface area contributed by atoms with Gasteiger partial charge in [0, 0.05) is 24.6 Å². The summed E-state index contributed by atoms with van der Waals surface area (Å²) < 4.78 is 6.28. The van der Waals surface area contributed by atoms with E-state index in [0.717, 1.165) is 30.4 Å². The lowest BCUT2D eigenvalue weighted by Crippen LogP contribution is -2.45. The van der Waals surface area contributed by atoms with Crippen LogP contribution in [0.3, 0.4) is 0 Å². The minimum Gasteiger partial charge on any atom is -0.444 e. The van der Waals surface area contributed by atoms with E-state index in [0.29, 0.717) is 29.7 Å². The highest BCUT2D eigenvalue weighted by molar-refractivity contribution is 9.10. The summed E-state index contributed by atoms with van der Waals surface area (Å²) in [4.78, 5) is 28.3. The van der Waals surface area contributed by atoms with Crippen molar-refractivity contribution in [3.8, 4) is 0 Å². The molecule has 0 spiro atoms. The Morgan fingerprint density at radius 1 is 1.39 bits per heavy atom. The van der Waals surface area contributed by atoms with E-state index < -0.39 is 5.60 Å². The summed E-state index contributed by atoms with van der Waals surface area (Å²) in [6.45, 7) is 8.14. The highest BCUT2D eigenvalue weighted by Gasteiger charge is 2.26. The van der Waals surface area contributed by atoms with Crippen LogP contribution in [0, 0.1) is 5.92 Å². The third-order valence-corrected chi connectivity index (χ3v) is 5.22. The molecule has 1 saturated heterocycles. The average Bonchev–Trinajstić information content (AvgIpc) is 2.56. The van der Waals surface area contributed by atoms with E-state index in [4.69, 9.17) is 16.3 Å². The quantitative estimate of drug-likeness (QED) is 0.676. The van der Waals surface area contributed by atoms with Crippen LogP contribution in [0.5, 0.6) is 0 Å². The van der Waals surface area contributed by atoms with Crippen LogP contribution in [-0.2, 0) is 9.53 Å². The van der Waals surface area contributed by atoms with Gasteiger partial charge in [0.25, 0.3) is 0 Å². The van der Waals surface area contributed by atoms with Gasteiger partial charge in [-0.3, -0.25) is 9.69 Å². The van der Waals surface area contributed by atoms with E-state index in [9.17, 15) is 9.59 Å². The molecular formula is C20H29BrClN3O3. The molecule has 1 aliphatic rings. The summed E-state index contributed by atoms with van der Waals surface area (Å²) in [5.74, 6) is 0.223. The summed E-state index contributed by atoms with van der Waals surface area (Å²) in [6, 6.07) is 5.37. The maximum atomic E-state index is 12.4. The second kappa shape index (κ2) is 9.94. The normalized spacial score (nSPS) is 17.9. The Morgan fingerprint density at radius 2 is 2.11 bits per heavy atom. The van der Waals surface area contributed by atoms with Gasteiger partial charge >= 0.3 is 6.09 Å². The molecule has 2 amide bonds. The molecule has 1 fully saturated rings. The van der Waals surface area contributed by atoms with E-state index in [-0.39, 0.29) is 12.0 Å². The molecule has 1 atom stereocenters. The molecule has 1 aromatic carbocycles. The van der Waals surface area contributed by atoms with E-state index in [2.05, 4.69) is 26.1 Å². The lowest BCUT2D eigenvalue weighted by Gasteiger charge is -2.34. The van der Waals surface area contributed by atoms with Gasteiger partial charge in [0.15, 0.2) is 0 Å². The first-order valence-electron chi connectivity index (χ1n) is 9.45. The average molecular weight is 475 g/mol. The third kappa shape index (κ3) is 7.60. The van der Waals surface area contributed by atoms with Crippen molar-refractivity contribution in [2.24, 2.45) is 5.92 Å². The zero-order valence-electron chi connectivity index (χ0n) is 16.9. The molecule has 6 nitrogen and oxygen atoms in total. The largest absolute Gasteiger partial charge is 0.444 e. The van der Waals surface area contributed by atoms with Crippen molar-refractivity contribution < 1.29 is 14.3 Å². The van der Waals surface area contributed by atoms with Crippen molar-refractivity contribution in [1.29, 1.82) is 0 Å². The Labute approximate surface area is 180 Å². The SMILES string of the molecule is CN(CC1CCCN(CC(=O)Nc2ccc(Br)cc2Cl)C1)C(=O)OC(C)(C)C. The molecule has 0 radical (unpaired) electrons. The van der Waals surface area contributed by atoms with Gasteiger partial charge in [-0.1, -0.05) is 27.5 Å². The Bertz CT molecular complexity index is 708. The fraction of sp³-hybridized carbons (Fsp3) is 0.600. The zero-order chi connectivity index (χ0) is 20.9. The van der Waals surface area contributed by atoms with E-state index >= 15 is 0 Å². The van der Waals surface area contributed by atoms with Gasteiger partial charge in [-0.2, -0.15) is 0 Å². The van der Waals surface area contributed by atoms with Crippen LogP contribution in [0.2, 0.25) is 5.02 Å². The Hall–Kier alpha value is -1.31. The third-order valence-electron chi connectivity index (χ3n) is 4.41. The lowest BCUT2D eigenvalue weighted by molar-refractivity contribution is -0.117. The van der Waals surface area contributed by atoms with Gasteiger partial charge in [-0.25, -0.2) is 4.79 Å². The van der Waals surface area contributed by atoms with Crippen molar-refractivity contribution in [3.63, 3.8) is 0 Å². The number of halogens is 2. The van der Waals surface area contributed by atoms with Crippen molar-refractivity contribution in [3.05, 3.63) is 27.7 Å². The van der Waals surface area contributed by atoms with Crippen LogP contribution in [0.25, 0.3) is 0 Å². The smallest absolute Gasteiger partial charge is 0.410 e. The lowest BCUT2D eigenvalue weighted by atomic mass is 9.97. The number of carbonyl (C=O) groups is 2. The number of benzene rings is 1. The number of hydrogen-bond donors (Lipinski definition) is 1. The first-order chi connectivity index (χ1) is 13.0. The summed E-state index contributed by atoms with van der Waals surface area (Å²) >= 11 is 9.52. The standard InChI is InChI=1S/C20H29BrClN3O3/c1-20(2,3)28-19(27)24(4)11-14-6-5-9-25(12-14)13-18(26)23-17-8-7-15(21)10-16(17)22/h7-8,10,14H,5-6,9,11-13H2,1-4H3,(H,23,26). The van der Waals surface area contributed by atoms with Crippen molar-refractivity contribution in [1.82, 2.24) is 9.80 Å². The molecule has 1 N–H and O–H groups in total. The van der Waals surface area contributed by atoms with Crippen LogP contribution in [0.4, 0.5) is 10.5 Å². The first kappa shape index (κ1) is 23.0. The molecule has 156 valence electrons. The number of nitrogens with zero attached hydrogens (tertiary/aromatic N) is 2. The minimum atomic E-state index is -0.504. The number of ether oxygens (including phenoxy) is 1. The van der Waals surface area contributed by atoms with Crippen LogP contribution in [-0.4, -0.2) is 60.6 Å². The predicted molar refractivity (Wildman–Crippen MR) is 116 cm³/mol. The number of hydrogen-bond acceptors (Lipinski definition) is 4. The second-order valence-corrected chi connectivity index (χ2v) is 9.60. The molecule has 0 aromatic heterocycles. The first-order valence-corrected chi connectivity index (χ1v) is 10.6. The number of rotatable bonds is 5. The Morgan fingerprint density at radius 3 is 2.75 bits per heavy atom. The summed E-state index contributed by atoms with van der Waals surface area (Å²) in [7, 11) is 1.76. The Kier molecular flexibility index (Phi) is 8.16. The maximum Gasteiger partial charge on any atom is 0.410 e. The molecule has 1 aliphatic heterocycles. The molecule has 1 aromatic rings. The molecule has 0 bridgehead atoms. The molecule has 1 heterocycles. The topological polar surface area (TPSA) is 61.9 Å². The fourth-order valence-electron chi connectivity index (χ4n) is 3.23.